The molecule has 1 aliphatic heterocycles. The van der Waals surface area contributed by atoms with E-state index in [0.717, 1.165) is 24.1 Å². The lowest BCUT2D eigenvalue weighted by atomic mass is 9.69. The molecular weight excluding hydrogens is 343 g/mol. The molecular formula is C12H15IN4O. The summed E-state index contributed by atoms with van der Waals surface area (Å²) in [6, 6.07) is 2.02. The van der Waals surface area contributed by atoms with E-state index in [2.05, 4.69) is 34.0 Å². The number of H-pyrrole nitrogens is 1. The van der Waals surface area contributed by atoms with Gasteiger partial charge in [-0.25, -0.2) is 0 Å². The Hall–Kier alpha value is -1.02. The van der Waals surface area contributed by atoms with Gasteiger partial charge >= 0.3 is 0 Å². The van der Waals surface area contributed by atoms with Gasteiger partial charge in [0, 0.05) is 29.6 Å². The zero-order valence-corrected chi connectivity index (χ0v) is 11.9. The number of rotatable bonds is 2. The van der Waals surface area contributed by atoms with Gasteiger partial charge in [-0.2, -0.15) is 0 Å². The third-order valence-electron chi connectivity index (χ3n) is 3.89. The average molecular weight is 358 g/mol. The Labute approximate surface area is 119 Å². The Kier molecular flexibility index (Phi) is 2.86. The van der Waals surface area contributed by atoms with Crippen molar-refractivity contribution in [1.82, 2.24) is 8.10 Å². The maximum Gasteiger partial charge on any atom is 0.220 e. The van der Waals surface area contributed by atoms with Gasteiger partial charge in [-0.1, -0.05) is 0 Å². The highest BCUT2D eigenvalue weighted by atomic mass is 127. The van der Waals surface area contributed by atoms with Gasteiger partial charge in [0.15, 0.2) is 0 Å². The van der Waals surface area contributed by atoms with E-state index < -0.39 is 0 Å². The van der Waals surface area contributed by atoms with Crippen LogP contribution in [-0.4, -0.2) is 14.0 Å². The summed E-state index contributed by atoms with van der Waals surface area (Å²) in [5.41, 5.74) is 14.9. The zero-order valence-electron chi connectivity index (χ0n) is 9.77. The molecule has 1 aromatic rings. The zero-order chi connectivity index (χ0) is 12.9. The fraction of sp³-hybridized carbons (Fsp3) is 0.417. The standard InChI is InChI=1S/C12H15IN4O/c13-17-5-9(6-3-7(4-6)12(15)18)10-8(11(17)14)1-2-16-10/h1-2,5-7,11,16H,3-4,14H2,(H2,15,18). The van der Waals surface area contributed by atoms with Crippen LogP contribution < -0.4 is 11.5 Å². The minimum atomic E-state index is -0.183. The molecule has 3 rings (SSSR count). The number of carbonyl (C=O) groups is 1. The van der Waals surface area contributed by atoms with Gasteiger partial charge in [-0.05, 0) is 30.4 Å². The Bertz CT molecular complexity index is 518. The maximum absolute atomic E-state index is 11.1. The van der Waals surface area contributed by atoms with Crippen molar-refractivity contribution in [3.63, 3.8) is 0 Å². The second-order valence-corrected chi connectivity index (χ2v) is 6.06. The number of fused-ring (bicyclic) bond motifs is 1. The van der Waals surface area contributed by atoms with E-state index >= 15 is 0 Å². The molecule has 2 aliphatic rings. The molecule has 5 N–H and O–H groups in total. The summed E-state index contributed by atoms with van der Waals surface area (Å²) in [6.07, 6.45) is 5.57. The number of hydrogen-bond donors (Lipinski definition) is 3. The fourth-order valence-electron chi connectivity index (χ4n) is 2.70. The van der Waals surface area contributed by atoms with Crippen molar-refractivity contribution >= 4 is 34.3 Å². The van der Waals surface area contributed by atoms with Crippen LogP contribution in [0.2, 0.25) is 0 Å². The first-order valence-corrected chi connectivity index (χ1v) is 6.92. The molecule has 0 bridgehead atoms. The van der Waals surface area contributed by atoms with E-state index in [1.807, 2.05) is 15.4 Å². The number of hydrogen-bond acceptors (Lipinski definition) is 3. The summed E-state index contributed by atoms with van der Waals surface area (Å²) in [5.74, 6) is 0.259. The van der Waals surface area contributed by atoms with Gasteiger partial charge in [0.05, 0.1) is 22.9 Å². The summed E-state index contributed by atoms with van der Waals surface area (Å²) < 4.78 is 1.99. The Morgan fingerprint density at radius 2 is 2.22 bits per heavy atom. The van der Waals surface area contributed by atoms with Crippen molar-refractivity contribution in [2.24, 2.45) is 23.3 Å². The quantitative estimate of drug-likeness (QED) is 0.553. The smallest absolute Gasteiger partial charge is 0.220 e. The van der Waals surface area contributed by atoms with Crippen molar-refractivity contribution in [3.8, 4) is 0 Å². The van der Waals surface area contributed by atoms with E-state index in [1.54, 1.807) is 0 Å². The normalized spacial score (nSPS) is 30.4. The number of primary amides is 1. The van der Waals surface area contributed by atoms with E-state index in [4.69, 9.17) is 11.5 Å². The van der Waals surface area contributed by atoms with Gasteiger partial charge < -0.3 is 19.6 Å². The molecule has 96 valence electrons. The first kappa shape index (κ1) is 12.0. The van der Waals surface area contributed by atoms with Crippen LogP contribution in [0.4, 0.5) is 0 Å². The molecule has 1 aromatic heterocycles. The van der Waals surface area contributed by atoms with Crippen molar-refractivity contribution in [2.75, 3.05) is 0 Å². The number of carbonyl (C=O) groups excluding carboxylic acids is 1. The first-order chi connectivity index (χ1) is 8.58. The van der Waals surface area contributed by atoms with Gasteiger partial charge in [0.25, 0.3) is 0 Å². The van der Waals surface area contributed by atoms with Gasteiger partial charge in [-0.3, -0.25) is 4.79 Å². The molecule has 5 nitrogen and oxygen atoms in total. The minimum absolute atomic E-state index is 0.0348. The highest BCUT2D eigenvalue weighted by molar-refractivity contribution is 14.1. The monoisotopic (exact) mass is 358 g/mol. The molecule has 0 radical (unpaired) electrons. The number of nitrogens with one attached hydrogen (secondary N) is 1. The number of nitrogens with two attached hydrogens (primary N) is 2. The van der Waals surface area contributed by atoms with Crippen molar-refractivity contribution in [3.05, 3.63) is 29.7 Å². The third kappa shape index (κ3) is 1.74. The lowest BCUT2D eigenvalue weighted by molar-refractivity contribution is -0.124. The van der Waals surface area contributed by atoms with Crippen LogP contribution in [0.25, 0.3) is 5.57 Å². The second kappa shape index (κ2) is 4.27. The molecule has 0 aromatic carbocycles. The van der Waals surface area contributed by atoms with Crippen LogP contribution in [0.5, 0.6) is 0 Å². The summed E-state index contributed by atoms with van der Waals surface area (Å²) in [5, 5.41) is 0. The molecule has 6 heteroatoms. The second-order valence-electron chi connectivity index (χ2n) is 4.95. The summed E-state index contributed by atoms with van der Waals surface area (Å²) in [6.45, 7) is 0. The van der Waals surface area contributed by atoms with Crippen LogP contribution in [0.3, 0.4) is 0 Å². The van der Waals surface area contributed by atoms with Crippen LogP contribution in [0.15, 0.2) is 18.5 Å². The third-order valence-corrected chi connectivity index (χ3v) is 4.77. The van der Waals surface area contributed by atoms with E-state index in [1.165, 1.54) is 5.57 Å². The predicted octanol–water partition coefficient (Wildman–Crippen LogP) is 1.49. The lowest BCUT2D eigenvalue weighted by Gasteiger charge is -2.38. The van der Waals surface area contributed by atoms with Gasteiger partial charge in [0.1, 0.15) is 6.17 Å². The SMILES string of the molecule is NC(=O)C1CC(C2=CN(I)C(N)c3cc[nH]c32)C1. The summed E-state index contributed by atoms with van der Waals surface area (Å²) >= 11 is 2.21. The van der Waals surface area contributed by atoms with Crippen LogP contribution in [0.1, 0.15) is 30.3 Å². The van der Waals surface area contributed by atoms with E-state index in [9.17, 15) is 4.79 Å². The topological polar surface area (TPSA) is 88.1 Å². The van der Waals surface area contributed by atoms with Crippen LogP contribution >= 0.6 is 22.9 Å². The molecule has 1 fully saturated rings. The molecule has 18 heavy (non-hydrogen) atoms. The number of allylic oxidation sites excluding steroid dienone is 1. The molecule has 1 aliphatic carbocycles. The maximum atomic E-state index is 11.1. The molecule has 1 unspecified atom stereocenters. The Balaban J connectivity index is 1.86. The van der Waals surface area contributed by atoms with Gasteiger partial charge in [0.2, 0.25) is 5.91 Å². The summed E-state index contributed by atoms with van der Waals surface area (Å²) in [4.78, 5) is 14.3. The lowest BCUT2D eigenvalue weighted by Crippen LogP contribution is -2.37. The fourth-order valence-corrected chi connectivity index (χ4v) is 3.30. The van der Waals surface area contributed by atoms with Crippen molar-refractivity contribution < 1.29 is 4.79 Å². The molecule has 0 spiro atoms. The Morgan fingerprint density at radius 3 is 2.89 bits per heavy atom. The number of nitrogens with zero attached hydrogens (tertiary/aromatic N) is 1. The molecule has 1 amide bonds. The van der Waals surface area contributed by atoms with Crippen LogP contribution in [-0.2, 0) is 4.79 Å². The highest BCUT2D eigenvalue weighted by Gasteiger charge is 2.38. The molecule has 1 atom stereocenters. The molecule has 0 saturated heterocycles. The highest BCUT2D eigenvalue weighted by Crippen LogP contribution is 2.46. The van der Waals surface area contributed by atoms with E-state index in [-0.39, 0.29) is 18.0 Å². The largest absolute Gasteiger partial charge is 0.369 e. The molecule has 1 saturated carbocycles. The van der Waals surface area contributed by atoms with Gasteiger partial charge in [-0.15, -0.1) is 0 Å². The first-order valence-electron chi connectivity index (χ1n) is 5.96. The van der Waals surface area contributed by atoms with E-state index in [0.29, 0.717) is 5.92 Å². The number of amides is 1. The van der Waals surface area contributed by atoms with Crippen LogP contribution in [0, 0.1) is 11.8 Å². The Morgan fingerprint density at radius 1 is 1.50 bits per heavy atom. The van der Waals surface area contributed by atoms with Crippen molar-refractivity contribution in [1.29, 1.82) is 0 Å². The number of aromatic nitrogens is 1. The number of aromatic amines is 1. The summed E-state index contributed by atoms with van der Waals surface area (Å²) in [7, 11) is 0. The van der Waals surface area contributed by atoms with Crippen molar-refractivity contribution in [2.45, 2.75) is 19.0 Å². The minimum Gasteiger partial charge on any atom is -0.369 e. The number of halogens is 1. The average Bonchev–Trinajstić information content (AvgIpc) is 2.71. The predicted molar refractivity (Wildman–Crippen MR) is 77.0 cm³/mol. The molecule has 2 heterocycles.